The number of nitrogens with zero attached hydrogens (tertiary/aromatic N) is 1. The fraction of sp³-hybridized carbons (Fsp3) is 0.0769. The molecule has 0 saturated carbocycles. The summed E-state index contributed by atoms with van der Waals surface area (Å²) in [6.45, 7) is 1.75. The van der Waals surface area contributed by atoms with Crippen molar-refractivity contribution in [1.29, 1.82) is 0 Å². The summed E-state index contributed by atoms with van der Waals surface area (Å²) in [5.74, 6) is 0.620. The fourth-order valence-electron chi connectivity index (χ4n) is 1.35. The van der Waals surface area contributed by atoms with Crippen LogP contribution in [0.25, 0.3) is 0 Å². The van der Waals surface area contributed by atoms with Gasteiger partial charge in [-0.25, -0.2) is 10.2 Å². The highest BCUT2D eigenvalue weighted by Crippen LogP contribution is 2.04. The second-order valence-corrected chi connectivity index (χ2v) is 3.61. The fourth-order valence-corrected chi connectivity index (χ4v) is 1.35. The third-order valence-corrected chi connectivity index (χ3v) is 2.23. The van der Waals surface area contributed by atoms with E-state index in [9.17, 15) is 4.79 Å². The third-order valence-electron chi connectivity index (χ3n) is 2.23. The van der Waals surface area contributed by atoms with Crippen molar-refractivity contribution in [3.05, 3.63) is 54.5 Å². The number of rotatable bonds is 3. The number of furan rings is 1. The van der Waals surface area contributed by atoms with Crippen molar-refractivity contribution < 1.29 is 9.21 Å². The SMILES string of the molecule is C/C(=N\NC(=O)Nc1ccccc1)c1ccco1. The first-order valence-corrected chi connectivity index (χ1v) is 5.46. The maximum atomic E-state index is 11.5. The van der Waals surface area contributed by atoms with E-state index in [0.29, 0.717) is 17.2 Å². The van der Waals surface area contributed by atoms with E-state index in [0.717, 1.165) is 0 Å². The van der Waals surface area contributed by atoms with Gasteiger partial charge in [-0.3, -0.25) is 0 Å². The third kappa shape index (κ3) is 3.21. The number of nitrogens with one attached hydrogen (secondary N) is 2. The average molecular weight is 243 g/mol. The highest BCUT2D eigenvalue weighted by Gasteiger charge is 2.02. The van der Waals surface area contributed by atoms with Gasteiger partial charge in [0.15, 0.2) is 0 Å². The number of hydrogen-bond acceptors (Lipinski definition) is 3. The molecule has 2 N–H and O–H groups in total. The Morgan fingerprint density at radius 2 is 1.94 bits per heavy atom. The van der Waals surface area contributed by atoms with E-state index in [-0.39, 0.29) is 0 Å². The van der Waals surface area contributed by atoms with Crippen LogP contribution in [0.4, 0.5) is 10.5 Å². The molecule has 18 heavy (non-hydrogen) atoms. The zero-order chi connectivity index (χ0) is 12.8. The Morgan fingerprint density at radius 3 is 2.61 bits per heavy atom. The lowest BCUT2D eigenvalue weighted by atomic mass is 10.3. The van der Waals surface area contributed by atoms with Gasteiger partial charge in [-0.2, -0.15) is 5.10 Å². The molecule has 1 aromatic heterocycles. The quantitative estimate of drug-likeness (QED) is 0.643. The minimum Gasteiger partial charge on any atom is -0.463 e. The molecule has 0 saturated heterocycles. The molecule has 5 heteroatoms. The normalized spacial score (nSPS) is 11.1. The molecule has 0 radical (unpaired) electrons. The standard InChI is InChI=1S/C13H13N3O2/c1-10(12-8-5-9-18-12)15-16-13(17)14-11-6-3-2-4-7-11/h2-9H,1H3,(H2,14,16,17)/b15-10+. The van der Waals surface area contributed by atoms with Crippen molar-refractivity contribution in [2.24, 2.45) is 5.10 Å². The molecule has 0 atom stereocenters. The van der Waals surface area contributed by atoms with Crippen molar-refractivity contribution in [2.75, 3.05) is 5.32 Å². The van der Waals surface area contributed by atoms with E-state index < -0.39 is 6.03 Å². The summed E-state index contributed by atoms with van der Waals surface area (Å²) in [4.78, 5) is 11.5. The Bertz CT molecular complexity index is 533. The van der Waals surface area contributed by atoms with Gasteiger partial charge in [0.05, 0.1) is 6.26 Å². The molecule has 2 rings (SSSR count). The Labute approximate surface area is 105 Å². The molecule has 2 aromatic rings. The Kier molecular flexibility index (Phi) is 3.76. The molecule has 0 fully saturated rings. The lowest BCUT2D eigenvalue weighted by Crippen LogP contribution is -2.25. The monoisotopic (exact) mass is 243 g/mol. The van der Waals surface area contributed by atoms with E-state index in [1.54, 1.807) is 37.5 Å². The largest absolute Gasteiger partial charge is 0.463 e. The average Bonchev–Trinajstić information content (AvgIpc) is 2.91. The van der Waals surface area contributed by atoms with Gasteiger partial charge in [0, 0.05) is 5.69 Å². The van der Waals surface area contributed by atoms with Gasteiger partial charge in [-0.1, -0.05) is 18.2 Å². The van der Waals surface area contributed by atoms with Crippen molar-refractivity contribution in [3.8, 4) is 0 Å². The molecular formula is C13H13N3O2. The van der Waals surface area contributed by atoms with Gasteiger partial charge in [-0.05, 0) is 31.2 Å². The number of benzene rings is 1. The molecule has 0 unspecified atom stereocenters. The number of hydrogen-bond donors (Lipinski definition) is 2. The zero-order valence-electron chi connectivity index (χ0n) is 9.88. The van der Waals surface area contributed by atoms with Crippen LogP contribution in [0.15, 0.2) is 58.2 Å². The second kappa shape index (κ2) is 5.67. The zero-order valence-corrected chi connectivity index (χ0v) is 9.88. The maximum Gasteiger partial charge on any atom is 0.339 e. The molecule has 1 heterocycles. The summed E-state index contributed by atoms with van der Waals surface area (Å²) in [6.07, 6.45) is 1.55. The molecule has 0 aliphatic heterocycles. The van der Waals surface area contributed by atoms with Crippen LogP contribution in [-0.2, 0) is 0 Å². The molecule has 2 amide bonds. The first kappa shape index (κ1) is 11.9. The predicted molar refractivity (Wildman–Crippen MR) is 69.5 cm³/mol. The molecule has 5 nitrogen and oxygen atoms in total. The van der Waals surface area contributed by atoms with Gasteiger partial charge in [0.2, 0.25) is 0 Å². The summed E-state index contributed by atoms with van der Waals surface area (Å²) >= 11 is 0. The van der Waals surface area contributed by atoms with Crippen molar-refractivity contribution in [3.63, 3.8) is 0 Å². The number of urea groups is 1. The molecule has 1 aromatic carbocycles. The first-order chi connectivity index (χ1) is 8.75. The van der Waals surface area contributed by atoms with E-state index in [4.69, 9.17) is 4.42 Å². The van der Waals surface area contributed by atoms with E-state index in [2.05, 4.69) is 15.8 Å². The molecule has 0 bridgehead atoms. The Balaban J connectivity index is 1.91. The van der Waals surface area contributed by atoms with Gasteiger partial charge in [0.1, 0.15) is 11.5 Å². The number of para-hydroxylation sites is 1. The van der Waals surface area contributed by atoms with Gasteiger partial charge in [0.25, 0.3) is 0 Å². The summed E-state index contributed by atoms with van der Waals surface area (Å²) in [5, 5.41) is 6.58. The van der Waals surface area contributed by atoms with Gasteiger partial charge < -0.3 is 9.73 Å². The number of amides is 2. The van der Waals surface area contributed by atoms with Crippen molar-refractivity contribution in [1.82, 2.24) is 5.43 Å². The van der Waals surface area contributed by atoms with Crippen LogP contribution in [-0.4, -0.2) is 11.7 Å². The minimum atomic E-state index is -0.396. The van der Waals surface area contributed by atoms with Crippen LogP contribution >= 0.6 is 0 Å². The second-order valence-electron chi connectivity index (χ2n) is 3.61. The summed E-state index contributed by atoms with van der Waals surface area (Å²) in [7, 11) is 0. The number of carbonyl (C=O) groups excluding carboxylic acids is 1. The van der Waals surface area contributed by atoms with E-state index in [1.165, 1.54) is 0 Å². The summed E-state index contributed by atoms with van der Waals surface area (Å²) < 4.78 is 5.14. The number of carbonyl (C=O) groups is 1. The summed E-state index contributed by atoms with van der Waals surface area (Å²) in [5.41, 5.74) is 3.71. The molecule has 92 valence electrons. The van der Waals surface area contributed by atoms with Crippen LogP contribution in [0, 0.1) is 0 Å². The molecular weight excluding hydrogens is 230 g/mol. The van der Waals surface area contributed by atoms with Crippen LogP contribution < -0.4 is 10.7 Å². The van der Waals surface area contributed by atoms with Crippen LogP contribution in [0.1, 0.15) is 12.7 Å². The maximum absolute atomic E-state index is 11.5. The van der Waals surface area contributed by atoms with Crippen molar-refractivity contribution in [2.45, 2.75) is 6.92 Å². The predicted octanol–water partition coefficient (Wildman–Crippen LogP) is 2.83. The minimum absolute atomic E-state index is 0.396. The lowest BCUT2D eigenvalue weighted by Gasteiger charge is -2.04. The Hall–Kier alpha value is -2.56. The van der Waals surface area contributed by atoms with E-state index in [1.807, 2.05) is 18.2 Å². The lowest BCUT2D eigenvalue weighted by molar-refractivity contribution is 0.252. The van der Waals surface area contributed by atoms with Gasteiger partial charge in [-0.15, -0.1) is 0 Å². The van der Waals surface area contributed by atoms with E-state index >= 15 is 0 Å². The first-order valence-electron chi connectivity index (χ1n) is 5.46. The molecule has 0 aliphatic rings. The highest BCUT2D eigenvalue weighted by atomic mass is 16.3. The van der Waals surface area contributed by atoms with Crippen LogP contribution in [0.5, 0.6) is 0 Å². The van der Waals surface area contributed by atoms with Crippen LogP contribution in [0.2, 0.25) is 0 Å². The van der Waals surface area contributed by atoms with Gasteiger partial charge >= 0.3 is 6.03 Å². The number of hydrazone groups is 1. The van der Waals surface area contributed by atoms with Crippen LogP contribution in [0.3, 0.4) is 0 Å². The summed E-state index contributed by atoms with van der Waals surface area (Å²) in [6, 6.07) is 12.3. The Morgan fingerprint density at radius 1 is 1.17 bits per heavy atom. The number of anilines is 1. The topological polar surface area (TPSA) is 66.6 Å². The van der Waals surface area contributed by atoms with Crippen molar-refractivity contribution >= 4 is 17.4 Å². The molecule has 0 spiro atoms. The molecule has 0 aliphatic carbocycles. The smallest absolute Gasteiger partial charge is 0.339 e. The highest BCUT2D eigenvalue weighted by molar-refractivity contribution is 5.97.